The van der Waals surface area contributed by atoms with Gasteiger partial charge in [0.2, 0.25) is 0 Å². The molecule has 0 fully saturated rings. The fourth-order valence-corrected chi connectivity index (χ4v) is 2.47. The molecule has 7 heteroatoms. The maximum absolute atomic E-state index is 6.18. The molecule has 23 heavy (non-hydrogen) atoms. The predicted octanol–water partition coefficient (Wildman–Crippen LogP) is 2.37. The molecular weight excluding hydrogens is 312 g/mol. The first-order chi connectivity index (χ1) is 10.4. The summed E-state index contributed by atoms with van der Waals surface area (Å²) in [6, 6.07) is 8.43. The number of tetrazole rings is 1. The lowest BCUT2D eigenvalue weighted by molar-refractivity contribution is 0.193. The Morgan fingerprint density at radius 1 is 1.43 bits per heavy atom. The molecule has 0 aliphatic rings. The van der Waals surface area contributed by atoms with Gasteiger partial charge < -0.3 is 5.73 Å². The number of nitrogens with zero attached hydrogens (tertiary/aromatic N) is 5. The van der Waals surface area contributed by atoms with Gasteiger partial charge in [0.15, 0.2) is 0 Å². The van der Waals surface area contributed by atoms with Gasteiger partial charge in [-0.05, 0) is 48.9 Å². The van der Waals surface area contributed by atoms with Gasteiger partial charge in [0.25, 0.3) is 0 Å². The molecule has 1 aromatic heterocycles. The van der Waals surface area contributed by atoms with Crippen molar-refractivity contribution in [1.29, 1.82) is 0 Å². The van der Waals surface area contributed by atoms with Gasteiger partial charge in [0, 0.05) is 24.7 Å². The topological polar surface area (TPSA) is 72.9 Å². The molecule has 6 nitrogen and oxygen atoms in total. The lowest BCUT2D eigenvalue weighted by Gasteiger charge is -2.34. The second-order valence-corrected chi connectivity index (χ2v) is 6.23. The van der Waals surface area contributed by atoms with Crippen LogP contribution in [-0.2, 0) is 0 Å². The van der Waals surface area contributed by atoms with Crippen LogP contribution in [-0.4, -0.2) is 43.7 Å². The zero-order valence-electron chi connectivity index (χ0n) is 13.9. The SMILES string of the molecule is C=CCN(CC(C)(C)N)C(C)c1cccc(-n2cnnn2)c1.Cl. The second-order valence-electron chi connectivity index (χ2n) is 6.23. The van der Waals surface area contributed by atoms with Crippen LogP contribution in [0.25, 0.3) is 5.69 Å². The molecule has 2 aromatic rings. The quantitative estimate of drug-likeness (QED) is 0.786. The Hall–Kier alpha value is -1.76. The Morgan fingerprint density at radius 2 is 2.17 bits per heavy atom. The van der Waals surface area contributed by atoms with Gasteiger partial charge in [-0.1, -0.05) is 18.2 Å². The summed E-state index contributed by atoms with van der Waals surface area (Å²) in [5.74, 6) is 0. The monoisotopic (exact) mass is 336 g/mol. The zero-order chi connectivity index (χ0) is 16.2. The summed E-state index contributed by atoms with van der Waals surface area (Å²) in [7, 11) is 0. The molecule has 2 rings (SSSR count). The van der Waals surface area contributed by atoms with Crippen molar-refractivity contribution in [2.24, 2.45) is 5.73 Å². The minimum absolute atomic E-state index is 0. The van der Waals surface area contributed by atoms with Crippen LogP contribution in [0.15, 0.2) is 43.2 Å². The number of benzene rings is 1. The molecule has 0 saturated carbocycles. The van der Waals surface area contributed by atoms with E-state index in [1.54, 1.807) is 11.0 Å². The van der Waals surface area contributed by atoms with Crippen molar-refractivity contribution >= 4 is 12.4 Å². The first kappa shape index (κ1) is 19.3. The summed E-state index contributed by atoms with van der Waals surface area (Å²) < 4.78 is 1.65. The van der Waals surface area contributed by atoms with Crippen LogP contribution in [0.2, 0.25) is 0 Å². The van der Waals surface area contributed by atoms with Crippen molar-refractivity contribution in [3.63, 3.8) is 0 Å². The summed E-state index contributed by atoms with van der Waals surface area (Å²) in [5, 5.41) is 11.3. The summed E-state index contributed by atoms with van der Waals surface area (Å²) in [5.41, 5.74) is 8.06. The molecule has 0 spiro atoms. The maximum atomic E-state index is 6.18. The van der Waals surface area contributed by atoms with Gasteiger partial charge in [-0.15, -0.1) is 24.1 Å². The van der Waals surface area contributed by atoms with Gasteiger partial charge in [0.05, 0.1) is 5.69 Å². The molecule has 0 amide bonds. The maximum Gasteiger partial charge on any atom is 0.143 e. The normalized spacial score (nSPS) is 12.7. The van der Waals surface area contributed by atoms with Crippen LogP contribution < -0.4 is 5.73 Å². The van der Waals surface area contributed by atoms with E-state index in [0.29, 0.717) is 0 Å². The molecule has 1 unspecified atom stereocenters. The zero-order valence-corrected chi connectivity index (χ0v) is 14.7. The molecule has 126 valence electrons. The number of hydrogen-bond acceptors (Lipinski definition) is 5. The molecule has 1 atom stereocenters. The van der Waals surface area contributed by atoms with E-state index in [1.807, 2.05) is 32.1 Å². The van der Waals surface area contributed by atoms with E-state index in [2.05, 4.69) is 46.1 Å². The molecule has 0 bridgehead atoms. The van der Waals surface area contributed by atoms with Gasteiger partial charge in [-0.25, -0.2) is 4.68 Å². The summed E-state index contributed by atoms with van der Waals surface area (Å²) in [6.07, 6.45) is 3.50. The highest BCUT2D eigenvalue weighted by molar-refractivity contribution is 5.85. The predicted molar refractivity (Wildman–Crippen MR) is 94.9 cm³/mol. The van der Waals surface area contributed by atoms with Crippen molar-refractivity contribution < 1.29 is 0 Å². The fourth-order valence-electron chi connectivity index (χ4n) is 2.47. The van der Waals surface area contributed by atoms with Gasteiger partial charge in [-0.2, -0.15) is 0 Å². The standard InChI is InChI=1S/C16H24N6.ClH/c1-5-9-21(11-16(3,4)17)13(2)14-7-6-8-15(10-14)22-12-18-19-20-22;/h5-8,10,12-13H,1,9,11,17H2,2-4H3;1H. The number of nitrogens with two attached hydrogens (primary N) is 1. The van der Waals surface area contributed by atoms with Gasteiger partial charge >= 0.3 is 0 Å². The number of rotatable bonds is 7. The van der Waals surface area contributed by atoms with E-state index in [4.69, 9.17) is 5.73 Å². The molecule has 2 N–H and O–H groups in total. The summed E-state index contributed by atoms with van der Waals surface area (Å²) in [4.78, 5) is 2.31. The van der Waals surface area contributed by atoms with Crippen molar-refractivity contribution in [3.8, 4) is 5.69 Å². The third-order valence-electron chi connectivity index (χ3n) is 3.49. The smallest absolute Gasteiger partial charge is 0.143 e. The molecule has 0 aliphatic heterocycles. The van der Waals surface area contributed by atoms with Crippen LogP contribution >= 0.6 is 12.4 Å². The number of hydrogen-bond donors (Lipinski definition) is 1. The lowest BCUT2D eigenvalue weighted by Crippen LogP contribution is -2.46. The van der Waals surface area contributed by atoms with E-state index >= 15 is 0 Å². The van der Waals surface area contributed by atoms with E-state index < -0.39 is 0 Å². The van der Waals surface area contributed by atoms with Crippen LogP contribution in [0.1, 0.15) is 32.4 Å². The average molecular weight is 337 g/mol. The van der Waals surface area contributed by atoms with Gasteiger partial charge in [-0.3, -0.25) is 4.90 Å². The summed E-state index contributed by atoms with van der Waals surface area (Å²) in [6.45, 7) is 11.7. The third-order valence-corrected chi connectivity index (χ3v) is 3.49. The minimum atomic E-state index is -0.259. The van der Waals surface area contributed by atoms with Crippen molar-refractivity contribution in [1.82, 2.24) is 25.1 Å². The highest BCUT2D eigenvalue weighted by Gasteiger charge is 2.21. The Morgan fingerprint density at radius 3 is 2.74 bits per heavy atom. The molecule has 0 saturated heterocycles. The molecule has 1 aromatic carbocycles. The third kappa shape index (κ3) is 5.42. The lowest BCUT2D eigenvalue weighted by atomic mass is 10.0. The van der Waals surface area contributed by atoms with E-state index in [9.17, 15) is 0 Å². The fraction of sp³-hybridized carbons (Fsp3) is 0.438. The molecular formula is C16H25ClN6. The number of halogens is 1. The van der Waals surface area contributed by atoms with Crippen molar-refractivity contribution in [2.75, 3.05) is 13.1 Å². The Balaban J connectivity index is 0.00000264. The van der Waals surface area contributed by atoms with E-state index in [0.717, 1.165) is 18.8 Å². The average Bonchev–Trinajstić information content (AvgIpc) is 2.99. The highest BCUT2D eigenvalue weighted by Crippen LogP contribution is 2.23. The number of aromatic nitrogens is 4. The largest absolute Gasteiger partial charge is 0.324 e. The Kier molecular flexibility index (Phi) is 6.87. The second kappa shape index (κ2) is 8.19. The first-order valence-corrected chi connectivity index (χ1v) is 7.38. The van der Waals surface area contributed by atoms with Crippen LogP contribution in [0, 0.1) is 0 Å². The van der Waals surface area contributed by atoms with E-state index in [1.165, 1.54) is 5.56 Å². The molecule has 0 radical (unpaired) electrons. The summed E-state index contributed by atoms with van der Waals surface area (Å²) >= 11 is 0. The van der Waals surface area contributed by atoms with Crippen LogP contribution in [0.3, 0.4) is 0 Å². The highest BCUT2D eigenvalue weighted by atomic mass is 35.5. The Bertz CT molecular complexity index is 605. The van der Waals surface area contributed by atoms with Gasteiger partial charge in [0.1, 0.15) is 6.33 Å². The van der Waals surface area contributed by atoms with Crippen molar-refractivity contribution in [2.45, 2.75) is 32.4 Å². The van der Waals surface area contributed by atoms with Crippen molar-refractivity contribution in [3.05, 3.63) is 48.8 Å². The minimum Gasteiger partial charge on any atom is -0.324 e. The first-order valence-electron chi connectivity index (χ1n) is 7.38. The van der Waals surface area contributed by atoms with E-state index in [-0.39, 0.29) is 24.0 Å². The van der Waals surface area contributed by atoms with Crippen LogP contribution in [0.4, 0.5) is 0 Å². The Labute approximate surface area is 143 Å². The van der Waals surface area contributed by atoms with Crippen LogP contribution in [0.5, 0.6) is 0 Å². The molecule has 0 aliphatic carbocycles. The molecule has 1 heterocycles.